The summed E-state index contributed by atoms with van der Waals surface area (Å²) in [4.78, 5) is 16.6. The van der Waals surface area contributed by atoms with Crippen molar-refractivity contribution in [3.05, 3.63) is 76.8 Å². The second-order valence-corrected chi connectivity index (χ2v) is 6.05. The Kier molecular flexibility index (Phi) is 4.35. The molecule has 0 spiro atoms. The van der Waals surface area contributed by atoms with E-state index in [-0.39, 0.29) is 11.5 Å². The van der Waals surface area contributed by atoms with Crippen molar-refractivity contribution >= 4 is 23.2 Å². The van der Waals surface area contributed by atoms with Gasteiger partial charge < -0.3 is 5.11 Å². The molecule has 3 nitrogen and oxygen atoms in total. The first-order valence-electron chi connectivity index (χ1n) is 7.16. The lowest BCUT2D eigenvalue weighted by atomic mass is 10.1. The number of phenolic OH excluding ortho intramolecular Hbond substituents is 1. The van der Waals surface area contributed by atoms with Crippen molar-refractivity contribution in [1.82, 2.24) is 4.98 Å². The zero-order valence-electron chi connectivity index (χ0n) is 12.6. The van der Waals surface area contributed by atoms with Gasteiger partial charge in [0.1, 0.15) is 10.8 Å². The van der Waals surface area contributed by atoms with Gasteiger partial charge in [0, 0.05) is 16.5 Å². The quantitative estimate of drug-likeness (QED) is 0.559. The molecule has 0 bridgehead atoms. The summed E-state index contributed by atoms with van der Waals surface area (Å²) >= 11 is 1.55. The molecule has 1 heterocycles. The number of hydrogen-bond donors (Lipinski definition) is 1. The molecule has 1 N–H and O–H groups in total. The van der Waals surface area contributed by atoms with Crippen LogP contribution in [0.4, 0.5) is 0 Å². The molecule has 0 aliphatic carbocycles. The minimum atomic E-state index is -0.116. The third-order valence-electron chi connectivity index (χ3n) is 3.38. The third-order valence-corrected chi connectivity index (χ3v) is 4.29. The molecule has 4 heteroatoms. The summed E-state index contributed by atoms with van der Waals surface area (Å²) in [6, 6.07) is 14.4. The number of aromatic hydroxyl groups is 1. The van der Waals surface area contributed by atoms with Gasteiger partial charge in [-0.15, -0.1) is 11.3 Å². The van der Waals surface area contributed by atoms with E-state index in [1.54, 1.807) is 29.5 Å². The maximum Gasteiger partial charge on any atom is 0.185 e. The molecular formula is C19H15NO2S. The molecule has 3 aromatic rings. The molecule has 1 aromatic heterocycles. The van der Waals surface area contributed by atoms with Crippen molar-refractivity contribution in [3.8, 4) is 16.3 Å². The number of ketones is 1. The lowest BCUT2D eigenvalue weighted by Gasteiger charge is -1.96. The Balaban J connectivity index is 1.74. The third kappa shape index (κ3) is 3.73. The van der Waals surface area contributed by atoms with Crippen molar-refractivity contribution in [2.24, 2.45) is 0 Å². The van der Waals surface area contributed by atoms with Crippen LogP contribution in [-0.2, 0) is 0 Å². The average molecular weight is 321 g/mol. The molecular weight excluding hydrogens is 306 g/mol. The number of allylic oxidation sites excluding steroid dienone is 1. The first-order valence-corrected chi connectivity index (χ1v) is 8.04. The molecule has 0 amide bonds. The van der Waals surface area contributed by atoms with Gasteiger partial charge in [-0.25, -0.2) is 4.98 Å². The molecule has 0 saturated heterocycles. The van der Waals surface area contributed by atoms with Gasteiger partial charge in [0.2, 0.25) is 0 Å². The Labute approximate surface area is 138 Å². The molecule has 23 heavy (non-hydrogen) atoms. The number of aryl methyl sites for hydroxylation is 1. The predicted molar refractivity (Wildman–Crippen MR) is 93.8 cm³/mol. The van der Waals surface area contributed by atoms with E-state index in [0.717, 1.165) is 16.3 Å². The Bertz CT molecular complexity index is 846. The van der Waals surface area contributed by atoms with Gasteiger partial charge in [-0.3, -0.25) is 4.79 Å². The molecule has 0 unspecified atom stereocenters. The van der Waals surface area contributed by atoms with E-state index in [1.165, 1.54) is 23.8 Å². The van der Waals surface area contributed by atoms with Crippen LogP contribution in [0.25, 0.3) is 16.6 Å². The van der Waals surface area contributed by atoms with Crippen molar-refractivity contribution in [2.75, 3.05) is 0 Å². The molecule has 0 fully saturated rings. The Morgan fingerprint density at radius 1 is 1.09 bits per heavy atom. The van der Waals surface area contributed by atoms with Gasteiger partial charge in [0.25, 0.3) is 0 Å². The van der Waals surface area contributed by atoms with Gasteiger partial charge in [-0.2, -0.15) is 0 Å². The van der Waals surface area contributed by atoms with E-state index in [2.05, 4.69) is 24.0 Å². The van der Waals surface area contributed by atoms with Gasteiger partial charge in [-0.05, 0) is 43.3 Å². The monoisotopic (exact) mass is 321 g/mol. The summed E-state index contributed by atoms with van der Waals surface area (Å²) in [5, 5.41) is 12.1. The highest BCUT2D eigenvalue weighted by molar-refractivity contribution is 7.13. The van der Waals surface area contributed by atoms with Crippen LogP contribution in [-0.4, -0.2) is 15.9 Å². The second kappa shape index (κ2) is 6.58. The summed E-state index contributed by atoms with van der Waals surface area (Å²) in [7, 11) is 0. The van der Waals surface area contributed by atoms with Crippen molar-refractivity contribution in [3.63, 3.8) is 0 Å². The van der Waals surface area contributed by atoms with Crippen LogP contribution in [0.3, 0.4) is 0 Å². The van der Waals surface area contributed by atoms with E-state index in [9.17, 15) is 9.90 Å². The van der Waals surface area contributed by atoms with Gasteiger partial charge in [0.15, 0.2) is 5.78 Å². The highest BCUT2D eigenvalue weighted by Crippen LogP contribution is 2.24. The van der Waals surface area contributed by atoms with E-state index < -0.39 is 0 Å². The number of hydrogen-bond acceptors (Lipinski definition) is 4. The van der Waals surface area contributed by atoms with Crippen molar-refractivity contribution in [2.45, 2.75) is 6.92 Å². The normalized spacial score (nSPS) is 11.0. The molecule has 114 valence electrons. The zero-order chi connectivity index (χ0) is 16.2. The van der Waals surface area contributed by atoms with Crippen molar-refractivity contribution in [1.29, 1.82) is 0 Å². The topological polar surface area (TPSA) is 50.2 Å². The molecule has 0 radical (unpaired) electrons. The highest BCUT2D eigenvalue weighted by Gasteiger charge is 2.04. The largest absolute Gasteiger partial charge is 0.508 e. The smallest absolute Gasteiger partial charge is 0.185 e. The fourth-order valence-electron chi connectivity index (χ4n) is 2.07. The van der Waals surface area contributed by atoms with E-state index in [1.807, 2.05) is 17.5 Å². The minimum Gasteiger partial charge on any atom is -0.508 e. The van der Waals surface area contributed by atoms with E-state index in [0.29, 0.717) is 5.56 Å². The molecule has 2 aromatic carbocycles. The van der Waals surface area contributed by atoms with Gasteiger partial charge in [-0.1, -0.05) is 29.8 Å². The van der Waals surface area contributed by atoms with Crippen LogP contribution in [0.2, 0.25) is 0 Å². The fraction of sp³-hybridized carbons (Fsp3) is 0.0526. The van der Waals surface area contributed by atoms with Crippen LogP contribution in [0.5, 0.6) is 5.75 Å². The summed E-state index contributed by atoms with van der Waals surface area (Å²) in [6.45, 7) is 2.05. The van der Waals surface area contributed by atoms with Crippen molar-refractivity contribution < 1.29 is 9.90 Å². The average Bonchev–Trinajstić information content (AvgIpc) is 3.03. The Morgan fingerprint density at radius 2 is 1.78 bits per heavy atom. The van der Waals surface area contributed by atoms with Crippen LogP contribution < -0.4 is 0 Å². The molecule has 3 rings (SSSR count). The molecule has 0 atom stereocenters. The summed E-state index contributed by atoms with van der Waals surface area (Å²) < 4.78 is 0. The fourth-order valence-corrected chi connectivity index (χ4v) is 2.87. The van der Waals surface area contributed by atoms with E-state index in [4.69, 9.17) is 0 Å². The number of thiazole rings is 1. The van der Waals surface area contributed by atoms with Crippen LogP contribution in [0, 0.1) is 6.92 Å². The number of phenols is 1. The molecule has 0 aliphatic heterocycles. The van der Waals surface area contributed by atoms with Gasteiger partial charge >= 0.3 is 0 Å². The Hall–Kier alpha value is -2.72. The maximum atomic E-state index is 12.1. The summed E-state index contributed by atoms with van der Waals surface area (Å²) in [5.74, 6) is 0.0302. The summed E-state index contributed by atoms with van der Waals surface area (Å²) in [5.41, 5.74) is 3.58. The number of benzene rings is 2. The zero-order valence-corrected chi connectivity index (χ0v) is 13.4. The van der Waals surface area contributed by atoms with Crippen LogP contribution in [0.1, 0.15) is 21.6 Å². The van der Waals surface area contributed by atoms with Gasteiger partial charge in [0.05, 0.1) is 5.69 Å². The number of carbonyl (C=O) groups excluding carboxylic acids is 1. The second-order valence-electron chi connectivity index (χ2n) is 5.19. The molecule has 0 saturated carbocycles. The summed E-state index contributed by atoms with van der Waals surface area (Å²) in [6.07, 6.45) is 3.21. The lowest BCUT2D eigenvalue weighted by molar-refractivity contribution is 0.104. The Morgan fingerprint density at radius 3 is 2.48 bits per heavy atom. The maximum absolute atomic E-state index is 12.1. The lowest BCUT2D eigenvalue weighted by Crippen LogP contribution is -1.92. The SMILES string of the molecule is Cc1ccc(-c2nc(C=CC(=O)c3ccc(O)cc3)cs2)cc1. The van der Waals surface area contributed by atoms with E-state index >= 15 is 0 Å². The standard InChI is InChI=1S/C19H15NO2S/c1-13-2-4-15(5-3-13)19-20-16(12-23-19)8-11-18(22)14-6-9-17(21)10-7-14/h2-12,21H,1H3. The number of rotatable bonds is 4. The molecule has 0 aliphatic rings. The van der Waals surface area contributed by atoms with Crippen LogP contribution >= 0.6 is 11.3 Å². The predicted octanol–water partition coefficient (Wildman–Crippen LogP) is 4.72. The highest BCUT2D eigenvalue weighted by atomic mass is 32.1. The number of nitrogens with zero attached hydrogens (tertiary/aromatic N) is 1. The minimum absolute atomic E-state index is 0.116. The first kappa shape index (κ1) is 15.2. The first-order chi connectivity index (χ1) is 11.1. The number of carbonyl (C=O) groups is 1. The number of aromatic nitrogens is 1. The van der Waals surface area contributed by atoms with Crippen LogP contribution in [0.15, 0.2) is 60.0 Å².